The van der Waals surface area contributed by atoms with Gasteiger partial charge in [0.15, 0.2) is 0 Å². The van der Waals surface area contributed by atoms with E-state index in [0.717, 1.165) is 45.8 Å². The van der Waals surface area contributed by atoms with Crippen LogP contribution in [-0.4, -0.2) is 28.0 Å². The van der Waals surface area contributed by atoms with E-state index < -0.39 is 26.4 Å². The van der Waals surface area contributed by atoms with E-state index in [4.69, 9.17) is 23.8 Å². The van der Waals surface area contributed by atoms with E-state index in [1.807, 2.05) is 66.7 Å². The number of halogens is 3. The molecule has 0 aliphatic rings. The largest absolute Gasteiger partial charge is 0.399 e. The predicted molar refractivity (Wildman–Crippen MR) is 201 cm³/mol. The van der Waals surface area contributed by atoms with Crippen molar-refractivity contribution in [1.29, 1.82) is 0 Å². The summed E-state index contributed by atoms with van der Waals surface area (Å²) >= 11 is 4.61. The van der Waals surface area contributed by atoms with Gasteiger partial charge in [0.2, 0.25) is 0 Å². The molecule has 1 atom stereocenters. The summed E-state index contributed by atoms with van der Waals surface area (Å²) in [6.45, 7) is 6.12. The maximum atomic E-state index is 14.2. The van der Waals surface area contributed by atoms with Gasteiger partial charge in [-0.1, -0.05) is 95.7 Å². The number of fused-ring (bicyclic) bond motifs is 1. The van der Waals surface area contributed by atoms with Crippen LogP contribution in [0.25, 0.3) is 22.0 Å². The number of hydrogen-bond donors (Lipinski definition) is 2. The van der Waals surface area contributed by atoms with Crippen LogP contribution in [0.5, 0.6) is 0 Å². The molecule has 0 aliphatic heterocycles. The molecular formula is C37H38BrF2NO6P2S. The van der Waals surface area contributed by atoms with Gasteiger partial charge in [-0.25, -0.2) is 0 Å². The highest BCUT2D eigenvalue weighted by atomic mass is 79.9. The second-order valence-corrected chi connectivity index (χ2v) is 17.3. The van der Waals surface area contributed by atoms with Crippen molar-refractivity contribution in [2.45, 2.75) is 50.3 Å². The zero-order valence-corrected chi connectivity index (χ0v) is 32.0. The summed E-state index contributed by atoms with van der Waals surface area (Å²) in [4.78, 5) is 23.2. The van der Waals surface area contributed by atoms with Crippen LogP contribution in [0.15, 0.2) is 102 Å². The van der Waals surface area contributed by atoms with Crippen LogP contribution in [0.1, 0.15) is 54.6 Å². The van der Waals surface area contributed by atoms with Gasteiger partial charge in [0.25, 0.3) is 0 Å². The number of rotatable bonds is 15. The van der Waals surface area contributed by atoms with E-state index in [1.165, 1.54) is 17.7 Å². The molecule has 2 N–H and O–H groups in total. The Bertz CT molecular complexity index is 2040. The number of nitrogens with zero attached hydrogens (tertiary/aromatic N) is 1. The Labute approximate surface area is 303 Å². The van der Waals surface area contributed by atoms with Gasteiger partial charge in [-0.05, 0) is 72.4 Å². The minimum absolute atomic E-state index is 0.0608. The summed E-state index contributed by atoms with van der Waals surface area (Å²) < 4.78 is 65.5. The molecule has 7 nitrogen and oxygen atoms in total. The Kier molecular flexibility index (Phi) is 12.6. The van der Waals surface area contributed by atoms with Gasteiger partial charge < -0.3 is 18.8 Å². The molecule has 264 valence electrons. The van der Waals surface area contributed by atoms with Crippen LogP contribution in [0, 0.1) is 0 Å². The molecule has 1 heterocycles. The van der Waals surface area contributed by atoms with Gasteiger partial charge in [-0.15, -0.1) is 0 Å². The monoisotopic (exact) mass is 803 g/mol. The van der Waals surface area contributed by atoms with Crippen LogP contribution in [0.3, 0.4) is 0 Å². The van der Waals surface area contributed by atoms with Crippen LogP contribution in [-0.2, 0) is 41.8 Å². The quantitative estimate of drug-likeness (QED) is 0.101. The molecule has 0 fully saturated rings. The number of hydrogen-bond acceptors (Lipinski definition) is 6. The number of benzene rings is 4. The van der Waals surface area contributed by atoms with Gasteiger partial charge in [0, 0.05) is 38.5 Å². The van der Waals surface area contributed by atoms with Crippen LogP contribution < -0.4 is 5.30 Å². The summed E-state index contributed by atoms with van der Waals surface area (Å²) in [5, 5.41) is 1.25. The molecule has 0 radical (unpaired) electrons. The van der Waals surface area contributed by atoms with Gasteiger partial charge >= 0.3 is 20.9 Å². The van der Waals surface area contributed by atoms with E-state index in [2.05, 4.69) is 35.0 Å². The first kappa shape index (κ1) is 38.5. The predicted octanol–water partition coefficient (Wildman–Crippen LogP) is 10.6. The first-order valence-corrected chi connectivity index (χ1v) is 21.1. The zero-order chi connectivity index (χ0) is 36.1. The van der Waals surface area contributed by atoms with Crippen LogP contribution in [0.2, 0.25) is 0 Å². The molecule has 0 spiro atoms. The Hall–Kier alpha value is -2.72. The summed E-state index contributed by atoms with van der Waals surface area (Å²) in [6.07, 6.45) is 0.814. The average Bonchev–Trinajstić information content (AvgIpc) is 3.08. The molecule has 4 aromatic carbocycles. The summed E-state index contributed by atoms with van der Waals surface area (Å²) in [5.74, 6) is 1.26. The smallest absolute Gasteiger partial charge is 0.320 e. The topological polar surface area (TPSA) is 106 Å². The molecule has 0 saturated carbocycles. The maximum Gasteiger partial charge on any atom is 0.399 e. The first-order valence-electron chi connectivity index (χ1n) is 16.0. The highest BCUT2D eigenvalue weighted by Crippen LogP contribution is 2.60. The third kappa shape index (κ3) is 8.83. The van der Waals surface area contributed by atoms with Crippen molar-refractivity contribution in [2.75, 3.05) is 13.2 Å². The average molecular weight is 805 g/mol. The van der Waals surface area contributed by atoms with E-state index in [1.54, 1.807) is 25.6 Å². The summed E-state index contributed by atoms with van der Waals surface area (Å²) in [7, 11) is -9.37. The van der Waals surface area contributed by atoms with Gasteiger partial charge in [0.05, 0.1) is 24.0 Å². The fourth-order valence-corrected chi connectivity index (χ4v) is 9.65. The molecule has 0 aliphatic carbocycles. The highest BCUT2D eigenvalue weighted by Gasteiger charge is 2.51. The third-order valence-electron chi connectivity index (χ3n) is 8.12. The number of aromatic nitrogens is 1. The van der Waals surface area contributed by atoms with Crippen molar-refractivity contribution in [3.63, 3.8) is 0 Å². The number of pyridine rings is 1. The fourth-order valence-electron chi connectivity index (χ4n) is 5.60. The van der Waals surface area contributed by atoms with E-state index >= 15 is 0 Å². The van der Waals surface area contributed by atoms with Crippen molar-refractivity contribution in [2.24, 2.45) is 0 Å². The summed E-state index contributed by atoms with van der Waals surface area (Å²) in [6, 6.07) is 30.1. The number of alkyl halides is 2. The second-order valence-electron chi connectivity index (χ2n) is 11.8. The van der Waals surface area contributed by atoms with Gasteiger partial charge in [0.1, 0.15) is 0 Å². The maximum absolute atomic E-state index is 14.2. The molecule has 5 aromatic rings. The van der Waals surface area contributed by atoms with E-state index in [0.29, 0.717) is 22.3 Å². The first-order chi connectivity index (χ1) is 23.8. The van der Waals surface area contributed by atoms with E-state index in [9.17, 15) is 17.9 Å². The van der Waals surface area contributed by atoms with Crippen molar-refractivity contribution >= 4 is 59.1 Å². The molecule has 13 heteroatoms. The van der Waals surface area contributed by atoms with Gasteiger partial charge in [-0.2, -0.15) is 20.5 Å². The Morgan fingerprint density at radius 3 is 2.08 bits per heavy atom. The lowest BCUT2D eigenvalue weighted by Crippen LogP contribution is -2.14. The fraction of sp³-hybridized carbons (Fsp3) is 0.270. The standard InChI is InChI=1S/C37H38BrF2NO6P2S/c1-4-46-48(42,47-5-2)35-22-31(21-30-16-18-34(41-36(30)35)25(3)19-26-9-7-6-8-10-26)29-14-11-27(12-15-29)23-50-24-28-13-17-32(33(38)20-28)37(39,40)49(43,44)45/h6-18,20-22,25H,4-5,19,23-24H2,1-3H3,(H2,43,44,45). The third-order valence-corrected chi connectivity index (χ3v) is 13.0. The minimum atomic E-state index is -5.67. The number of thioether (sulfide) groups is 1. The van der Waals surface area contributed by atoms with Crippen LogP contribution in [0.4, 0.5) is 8.78 Å². The van der Waals surface area contributed by atoms with Crippen molar-refractivity contribution in [3.8, 4) is 11.1 Å². The zero-order valence-electron chi connectivity index (χ0n) is 27.8. The molecule has 0 amide bonds. The minimum Gasteiger partial charge on any atom is -0.320 e. The Balaban J connectivity index is 1.37. The lowest BCUT2D eigenvalue weighted by molar-refractivity contribution is 0.0557. The summed E-state index contributed by atoms with van der Waals surface area (Å²) in [5.41, 5.74) is 1.18. The molecule has 1 aromatic heterocycles. The van der Waals surface area contributed by atoms with Crippen molar-refractivity contribution < 1.29 is 36.7 Å². The molecule has 0 bridgehead atoms. The lowest BCUT2D eigenvalue weighted by Gasteiger charge is -2.21. The molecular weight excluding hydrogens is 766 g/mol. The Morgan fingerprint density at radius 2 is 1.46 bits per heavy atom. The van der Waals surface area contributed by atoms with Crippen molar-refractivity contribution in [1.82, 2.24) is 4.98 Å². The SMILES string of the molecule is CCOP(=O)(OCC)c1cc(-c2ccc(CSCc3ccc(C(F)(F)P(=O)(O)O)c(Br)c3)cc2)cc2ccc(C(C)Cc3ccccc3)nc12. The molecule has 1 unspecified atom stereocenters. The molecule has 5 rings (SSSR count). The molecule has 50 heavy (non-hydrogen) atoms. The molecule has 0 saturated heterocycles. The lowest BCUT2D eigenvalue weighted by atomic mass is 9.96. The highest BCUT2D eigenvalue weighted by molar-refractivity contribution is 9.10. The van der Waals surface area contributed by atoms with Gasteiger partial charge in [-0.3, -0.25) is 14.1 Å². The normalized spacial score (nSPS) is 13.1. The van der Waals surface area contributed by atoms with E-state index in [-0.39, 0.29) is 23.6 Å². The second kappa shape index (κ2) is 16.3. The van der Waals surface area contributed by atoms with Crippen LogP contribution >= 0.6 is 42.9 Å². The Morgan fingerprint density at radius 1 is 0.820 bits per heavy atom. The van der Waals surface area contributed by atoms with Crippen molar-refractivity contribution in [3.05, 3.63) is 129 Å².